The summed E-state index contributed by atoms with van der Waals surface area (Å²) in [6.07, 6.45) is -10.6. The van der Waals surface area contributed by atoms with Crippen LogP contribution < -0.4 is 20.7 Å². The lowest BCUT2D eigenvalue weighted by Gasteiger charge is -2.15. The first kappa shape index (κ1) is 34.3. The lowest BCUT2D eigenvalue weighted by Crippen LogP contribution is -2.25. The smallest absolute Gasteiger partial charge is 0.417 e. The van der Waals surface area contributed by atoms with Crippen molar-refractivity contribution in [3.8, 4) is 33.8 Å². The first-order valence-corrected chi connectivity index (χ1v) is 15.0. The van der Waals surface area contributed by atoms with E-state index >= 15 is 0 Å². The molecule has 0 aliphatic heterocycles. The monoisotopic (exact) mass is 696 g/mol. The second-order valence-corrected chi connectivity index (χ2v) is 11.7. The summed E-state index contributed by atoms with van der Waals surface area (Å²) in [6.45, 7) is 2.47. The molecule has 0 saturated carbocycles. The predicted octanol–water partition coefficient (Wildman–Crippen LogP) is 8.71. The van der Waals surface area contributed by atoms with E-state index in [1.54, 1.807) is 0 Å². The van der Waals surface area contributed by atoms with Crippen LogP contribution in [0.15, 0.2) is 103 Å². The van der Waals surface area contributed by atoms with Crippen molar-refractivity contribution in [1.82, 2.24) is 0 Å². The highest BCUT2D eigenvalue weighted by Gasteiger charge is 2.35. The van der Waals surface area contributed by atoms with Gasteiger partial charge in [-0.2, -0.15) is 26.3 Å². The summed E-state index contributed by atoms with van der Waals surface area (Å²) in [5.74, 6) is 0.442. The Bertz CT molecular complexity index is 2190. The average molecular weight is 697 g/mol. The largest absolute Gasteiger partial charge is 0.491 e. The molecule has 6 aromatic rings. The Morgan fingerprint density at radius 3 is 1.36 bits per heavy atom. The van der Waals surface area contributed by atoms with Gasteiger partial charge in [0.1, 0.15) is 42.0 Å². The number of aliphatic hydroxyl groups is 1. The molecule has 7 nitrogen and oxygen atoms in total. The number of hydrogen-bond donors (Lipinski definition) is 1. The number of halogens is 6. The maximum atomic E-state index is 13.8. The van der Waals surface area contributed by atoms with Gasteiger partial charge in [0.05, 0.1) is 22.3 Å². The normalized spacial score (nSPS) is 12.2. The zero-order valence-electron chi connectivity index (χ0n) is 26.2. The van der Waals surface area contributed by atoms with Crippen LogP contribution >= 0.6 is 0 Å². The van der Waals surface area contributed by atoms with Crippen LogP contribution in [0.25, 0.3) is 44.2 Å². The third-order valence-corrected chi connectivity index (χ3v) is 7.83. The molecule has 0 saturated heterocycles. The van der Waals surface area contributed by atoms with Gasteiger partial charge < -0.3 is 23.4 Å². The summed E-state index contributed by atoms with van der Waals surface area (Å²) in [4.78, 5) is 25.3. The quantitative estimate of drug-likeness (QED) is 0.126. The molecule has 0 spiro atoms. The van der Waals surface area contributed by atoms with Gasteiger partial charge in [-0.25, -0.2) is 9.59 Å². The number of hydrogen-bond acceptors (Lipinski definition) is 7. The summed E-state index contributed by atoms with van der Waals surface area (Å²) in [5, 5.41) is 11.1. The minimum absolute atomic E-state index is 0.114. The minimum atomic E-state index is -4.71. The average Bonchev–Trinajstić information content (AvgIpc) is 3.05. The molecule has 13 heteroatoms. The molecule has 0 bridgehead atoms. The Morgan fingerprint density at radius 2 is 0.980 bits per heavy atom. The fraction of sp³-hybridized carbons (Fsp3) is 0.189. The van der Waals surface area contributed by atoms with Crippen molar-refractivity contribution in [3.63, 3.8) is 0 Å². The molecular formula is C37H26F6O7. The van der Waals surface area contributed by atoms with Gasteiger partial charge in [-0.1, -0.05) is 35.4 Å². The molecule has 0 radical (unpaired) electrons. The van der Waals surface area contributed by atoms with Gasteiger partial charge in [0, 0.05) is 21.9 Å². The first-order chi connectivity index (χ1) is 23.6. The van der Waals surface area contributed by atoms with Crippen molar-refractivity contribution in [2.45, 2.75) is 32.3 Å². The van der Waals surface area contributed by atoms with Gasteiger partial charge in [0.2, 0.25) is 0 Å². The molecule has 0 aliphatic rings. The Labute approximate surface area is 278 Å². The van der Waals surface area contributed by atoms with Crippen molar-refractivity contribution < 1.29 is 49.8 Å². The van der Waals surface area contributed by atoms with Gasteiger partial charge in [-0.15, -0.1) is 0 Å². The highest BCUT2D eigenvalue weighted by atomic mass is 19.4. The van der Waals surface area contributed by atoms with Crippen molar-refractivity contribution in [3.05, 3.63) is 128 Å². The Balaban J connectivity index is 1.17. The van der Waals surface area contributed by atoms with Crippen LogP contribution in [0, 0.1) is 13.8 Å². The molecule has 4 aromatic carbocycles. The third-order valence-electron chi connectivity index (χ3n) is 7.83. The number of benzene rings is 4. The SMILES string of the molecule is Cc1ccc(-c2cc3cc(OCC(O)COc4ccc5oc(=O)c(-c6ccc(C)cc6C(F)(F)F)cc5c4)ccc3oc2=O)c(C(F)(F)F)c1. The van der Waals surface area contributed by atoms with E-state index in [0.717, 1.165) is 12.1 Å². The van der Waals surface area contributed by atoms with Gasteiger partial charge in [-0.05, 0) is 74.5 Å². The molecule has 1 N–H and O–H groups in total. The second kappa shape index (κ2) is 13.0. The molecule has 2 aromatic heterocycles. The highest BCUT2D eigenvalue weighted by molar-refractivity contribution is 5.85. The number of aryl methyl sites for hydroxylation is 2. The van der Waals surface area contributed by atoms with Gasteiger partial charge >= 0.3 is 23.6 Å². The van der Waals surface area contributed by atoms with Crippen molar-refractivity contribution in [2.24, 2.45) is 0 Å². The highest BCUT2D eigenvalue weighted by Crippen LogP contribution is 2.39. The number of ether oxygens (including phenoxy) is 2. The fourth-order valence-corrected chi connectivity index (χ4v) is 5.45. The van der Waals surface area contributed by atoms with Crippen LogP contribution in [-0.2, 0) is 12.4 Å². The van der Waals surface area contributed by atoms with Crippen molar-refractivity contribution in [2.75, 3.05) is 13.2 Å². The van der Waals surface area contributed by atoms with Crippen LogP contribution in [0.3, 0.4) is 0 Å². The Hall–Kier alpha value is -5.56. The Morgan fingerprint density at radius 1 is 0.580 bits per heavy atom. The van der Waals surface area contributed by atoms with E-state index < -0.39 is 40.8 Å². The maximum absolute atomic E-state index is 13.8. The third kappa shape index (κ3) is 7.22. The summed E-state index contributed by atoms with van der Waals surface area (Å²) < 4.78 is 104. The van der Waals surface area contributed by atoms with Gasteiger partial charge in [-0.3, -0.25) is 0 Å². The molecule has 0 atom stereocenters. The van der Waals surface area contributed by atoms with Crippen LogP contribution in [0.2, 0.25) is 0 Å². The summed E-state index contributed by atoms with van der Waals surface area (Å²) >= 11 is 0. The topological polar surface area (TPSA) is 99.1 Å². The van der Waals surface area contributed by atoms with Crippen LogP contribution in [0.5, 0.6) is 11.5 Å². The molecule has 0 fully saturated rings. The molecule has 6 rings (SSSR count). The molecular weight excluding hydrogens is 670 g/mol. The Kier molecular flexibility index (Phi) is 8.95. The molecule has 50 heavy (non-hydrogen) atoms. The van der Waals surface area contributed by atoms with E-state index in [4.69, 9.17) is 18.3 Å². The fourth-order valence-electron chi connectivity index (χ4n) is 5.45. The number of alkyl halides is 6. The number of aliphatic hydroxyl groups excluding tert-OH is 1. The van der Waals surface area contributed by atoms with E-state index in [1.807, 2.05) is 0 Å². The lowest BCUT2D eigenvalue weighted by atomic mass is 9.98. The van der Waals surface area contributed by atoms with E-state index in [0.29, 0.717) is 11.1 Å². The lowest BCUT2D eigenvalue weighted by molar-refractivity contribution is -0.138. The summed E-state index contributed by atoms with van der Waals surface area (Å²) in [5.41, 5.74) is -4.09. The zero-order valence-corrected chi connectivity index (χ0v) is 26.2. The van der Waals surface area contributed by atoms with Crippen LogP contribution in [-0.4, -0.2) is 24.4 Å². The molecule has 0 aliphatic carbocycles. The van der Waals surface area contributed by atoms with Gasteiger partial charge in [0.25, 0.3) is 0 Å². The van der Waals surface area contributed by atoms with Crippen LogP contribution in [0.4, 0.5) is 26.3 Å². The first-order valence-electron chi connectivity index (χ1n) is 15.0. The molecule has 2 heterocycles. The van der Waals surface area contributed by atoms with Crippen molar-refractivity contribution >= 4 is 21.9 Å². The second-order valence-electron chi connectivity index (χ2n) is 11.7. The summed E-state index contributed by atoms with van der Waals surface area (Å²) in [6, 6.07) is 18.4. The van der Waals surface area contributed by atoms with Crippen molar-refractivity contribution in [1.29, 1.82) is 0 Å². The maximum Gasteiger partial charge on any atom is 0.417 e. The van der Waals surface area contributed by atoms with E-state index in [9.17, 15) is 41.0 Å². The molecule has 0 amide bonds. The number of rotatable bonds is 8. The summed E-state index contributed by atoms with van der Waals surface area (Å²) in [7, 11) is 0. The van der Waals surface area contributed by atoms with E-state index in [-0.39, 0.29) is 68.9 Å². The minimum Gasteiger partial charge on any atom is -0.491 e. The standard InChI is InChI=1S/C37H26F6O7/c1-19-3-7-26(30(11-19)36(38,39)40)28-15-21-13-24(5-9-32(21)49-34(28)45)47-17-23(44)18-48-25-6-10-33-22(14-25)16-29(35(46)50-33)27-8-4-20(2)12-31(27)37(41,42)43/h3-16,23,44H,17-18H2,1-2H3. The predicted molar refractivity (Wildman–Crippen MR) is 172 cm³/mol. The molecule has 0 unspecified atom stereocenters. The molecule has 258 valence electrons. The zero-order chi connectivity index (χ0) is 36.0. The van der Waals surface area contributed by atoms with Crippen LogP contribution in [0.1, 0.15) is 22.3 Å². The van der Waals surface area contributed by atoms with E-state index in [2.05, 4.69) is 0 Å². The van der Waals surface area contributed by atoms with Gasteiger partial charge in [0.15, 0.2) is 0 Å². The van der Waals surface area contributed by atoms with E-state index in [1.165, 1.54) is 86.6 Å². The number of fused-ring (bicyclic) bond motifs is 2.